The van der Waals surface area contributed by atoms with Crippen LogP contribution in [-0.4, -0.2) is 59.3 Å². The molecule has 1 aliphatic rings. The maximum atomic E-state index is 6.53. The highest BCUT2D eigenvalue weighted by atomic mass is 35.5. The third kappa shape index (κ3) is 5.01. The van der Waals surface area contributed by atoms with Gasteiger partial charge in [-0.25, -0.2) is 9.97 Å². The van der Waals surface area contributed by atoms with Crippen LogP contribution in [0.5, 0.6) is 5.75 Å². The van der Waals surface area contributed by atoms with E-state index in [9.17, 15) is 0 Å². The first-order chi connectivity index (χ1) is 16.7. The van der Waals surface area contributed by atoms with E-state index in [0.717, 1.165) is 73.3 Å². The van der Waals surface area contributed by atoms with Gasteiger partial charge in [0.2, 0.25) is 0 Å². The van der Waals surface area contributed by atoms with Gasteiger partial charge in [0.05, 0.1) is 30.1 Å². The van der Waals surface area contributed by atoms with Gasteiger partial charge in [0.15, 0.2) is 5.65 Å². The van der Waals surface area contributed by atoms with Gasteiger partial charge in [0.1, 0.15) is 23.7 Å². The monoisotopic (exact) mass is 477 g/mol. The average molecular weight is 478 g/mol. The highest BCUT2D eigenvalue weighted by Gasteiger charge is 2.15. The lowest BCUT2D eigenvalue weighted by atomic mass is 10.1. The number of morpholine rings is 1. The number of hydrogen-bond acceptors (Lipinski definition) is 6. The Morgan fingerprint density at radius 1 is 1.12 bits per heavy atom. The fourth-order valence-corrected chi connectivity index (χ4v) is 4.29. The lowest BCUT2D eigenvalue weighted by Gasteiger charge is -2.26. The molecule has 0 amide bonds. The Balaban J connectivity index is 1.32. The van der Waals surface area contributed by atoms with Crippen LogP contribution < -0.4 is 10.1 Å². The van der Waals surface area contributed by atoms with Gasteiger partial charge in [-0.3, -0.25) is 4.90 Å². The molecule has 2 N–H and O–H groups in total. The Morgan fingerprint density at radius 3 is 2.71 bits per heavy atom. The molecule has 0 bridgehead atoms. The fraction of sp³-hybridized carbons (Fsp3) is 0.308. The Kier molecular flexibility index (Phi) is 6.94. The van der Waals surface area contributed by atoms with Crippen LogP contribution in [0.4, 0.5) is 11.4 Å². The third-order valence-electron chi connectivity index (χ3n) is 6.04. The number of benzene rings is 2. The number of para-hydroxylation sites is 1. The summed E-state index contributed by atoms with van der Waals surface area (Å²) in [6, 6.07) is 16.2. The lowest BCUT2D eigenvalue weighted by Crippen LogP contribution is -2.38. The molecule has 1 aliphatic heterocycles. The molecule has 0 saturated carbocycles. The van der Waals surface area contributed by atoms with Crippen molar-refractivity contribution in [1.29, 1.82) is 0 Å². The molecule has 8 heteroatoms. The van der Waals surface area contributed by atoms with E-state index in [1.807, 2.05) is 36.4 Å². The Hall–Kier alpha value is -3.13. The number of aromatic amines is 1. The van der Waals surface area contributed by atoms with Crippen molar-refractivity contribution in [2.45, 2.75) is 13.3 Å². The first-order valence-electron chi connectivity index (χ1n) is 11.6. The van der Waals surface area contributed by atoms with Gasteiger partial charge >= 0.3 is 0 Å². The van der Waals surface area contributed by atoms with E-state index >= 15 is 0 Å². The smallest absolute Gasteiger partial charge is 0.180 e. The first-order valence-corrected chi connectivity index (χ1v) is 12.0. The molecular weight excluding hydrogens is 450 g/mol. The number of hydrogen-bond donors (Lipinski definition) is 2. The summed E-state index contributed by atoms with van der Waals surface area (Å²) in [7, 11) is 0. The molecule has 0 spiro atoms. The van der Waals surface area contributed by atoms with Crippen LogP contribution in [0.25, 0.3) is 22.6 Å². The Bertz CT molecular complexity index is 1250. The highest BCUT2D eigenvalue weighted by Crippen LogP contribution is 2.34. The number of H-pyrrole nitrogens is 1. The molecule has 176 valence electrons. The molecule has 0 atom stereocenters. The van der Waals surface area contributed by atoms with E-state index in [2.05, 4.69) is 39.2 Å². The second-order valence-corrected chi connectivity index (χ2v) is 8.63. The second kappa shape index (κ2) is 10.4. The van der Waals surface area contributed by atoms with E-state index in [0.29, 0.717) is 17.3 Å². The zero-order valence-corrected chi connectivity index (χ0v) is 19.9. The molecule has 1 saturated heterocycles. The summed E-state index contributed by atoms with van der Waals surface area (Å²) in [6.07, 6.45) is 2.56. The zero-order chi connectivity index (χ0) is 23.3. The van der Waals surface area contributed by atoms with Crippen LogP contribution in [-0.2, 0) is 11.2 Å². The molecule has 0 unspecified atom stereocenters. The molecule has 3 heterocycles. The summed E-state index contributed by atoms with van der Waals surface area (Å²) in [5, 5.41) is 4.02. The van der Waals surface area contributed by atoms with Crippen LogP contribution in [0.2, 0.25) is 5.02 Å². The van der Waals surface area contributed by atoms with Crippen LogP contribution >= 0.6 is 11.6 Å². The number of ether oxygens (including phenoxy) is 2. The molecule has 5 rings (SSSR count). The van der Waals surface area contributed by atoms with E-state index in [4.69, 9.17) is 26.1 Å². The lowest BCUT2D eigenvalue weighted by molar-refractivity contribution is 0.0322. The van der Waals surface area contributed by atoms with Crippen molar-refractivity contribution >= 4 is 34.1 Å². The molecule has 2 aromatic heterocycles. The largest absolute Gasteiger partial charge is 0.492 e. The van der Waals surface area contributed by atoms with Crippen molar-refractivity contribution in [3.8, 4) is 17.1 Å². The predicted molar refractivity (Wildman–Crippen MR) is 136 cm³/mol. The number of nitrogens with zero attached hydrogens (tertiary/aromatic N) is 3. The fourth-order valence-electron chi connectivity index (χ4n) is 4.10. The van der Waals surface area contributed by atoms with Gasteiger partial charge in [-0.1, -0.05) is 36.7 Å². The number of nitrogens with one attached hydrogen (secondary N) is 2. The van der Waals surface area contributed by atoms with Crippen molar-refractivity contribution in [3.63, 3.8) is 0 Å². The summed E-state index contributed by atoms with van der Waals surface area (Å²) < 4.78 is 11.3. The van der Waals surface area contributed by atoms with Crippen molar-refractivity contribution in [2.75, 3.05) is 44.8 Å². The van der Waals surface area contributed by atoms with Crippen LogP contribution in [0.1, 0.15) is 12.5 Å². The van der Waals surface area contributed by atoms with Gasteiger partial charge in [0, 0.05) is 30.9 Å². The Labute approximate surface area is 204 Å². The third-order valence-corrected chi connectivity index (χ3v) is 6.33. The van der Waals surface area contributed by atoms with E-state index in [1.165, 1.54) is 5.56 Å². The molecule has 1 fully saturated rings. The molecule has 7 nitrogen and oxygen atoms in total. The topological polar surface area (TPSA) is 75.3 Å². The van der Waals surface area contributed by atoms with Gasteiger partial charge in [-0.05, 0) is 42.3 Å². The number of pyridine rings is 1. The summed E-state index contributed by atoms with van der Waals surface area (Å²) in [5.74, 6) is 1.57. The van der Waals surface area contributed by atoms with E-state index in [1.54, 1.807) is 6.20 Å². The summed E-state index contributed by atoms with van der Waals surface area (Å²) >= 11 is 6.53. The highest BCUT2D eigenvalue weighted by molar-refractivity contribution is 6.34. The van der Waals surface area contributed by atoms with Crippen LogP contribution in [0.3, 0.4) is 0 Å². The van der Waals surface area contributed by atoms with Crippen molar-refractivity contribution in [3.05, 3.63) is 65.3 Å². The summed E-state index contributed by atoms with van der Waals surface area (Å²) in [4.78, 5) is 14.9. The van der Waals surface area contributed by atoms with Gasteiger partial charge < -0.3 is 19.8 Å². The van der Waals surface area contributed by atoms with Gasteiger partial charge in [-0.2, -0.15) is 0 Å². The SMILES string of the molecule is CCc1ccccc1Nc1c(Cl)cnc2nc(-c3ccc(OCCN4CCOCC4)cc3)[nH]c12. The molecule has 4 aromatic rings. The number of fused-ring (bicyclic) bond motifs is 1. The molecular formula is C26H28ClN5O2. The minimum atomic E-state index is 0.539. The molecule has 0 aliphatic carbocycles. The Morgan fingerprint density at radius 2 is 1.91 bits per heavy atom. The maximum Gasteiger partial charge on any atom is 0.180 e. The molecule has 0 radical (unpaired) electrons. The van der Waals surface area contributed by atoms with Crippen molar-refractivity contribution in [1.82, 2.24) is 19.9 Å². The predicted octanol–water partition coefficient (Wildman–Crippen LogP) is 5.30. The molecule has 34 heavy (non-hydrogen) atoms. The minimum absolute atomic E-state index is 0.539. The van der Waals surface area contributed by atoms with Crippen molar-refractivity contribution < 1.29 is 9.47 Å². The number of anilines is 2. The van der Waals surface area contributed by atoms with Gasteiger partial charge in [-0.15, -0.1) is 0 Å². The quantitative estimate of drug-likeness (QED) is 0.359. The first kappa shape index (κ1) is 22.7. The zero-order valence-electron chi connectivity index (χ0n) is 19.2. The number of aryl methyl sites for hydroxylation is 1. The van der Waals surface area contributed by atoms with E-state index < -0.39 is 0 Å². The van der Waals surface area contributed by atoms with Crippen LogP contribution in [0.15, 0.2) is 54.7 Å². The number of rotatable bonds is 8. The summed E-state index contributed by atoms with van der Waals surface area (Å²) in [6.45, 7) is 7.22. The second-order valence-electron chi connectivity index (χ2n) is 8.23. The number of halogens is 1. The van der Waals surface area contributed by atoms with Crippen molar-refractivity contribution in [2.24, 2.45) is 0 Å². The van der Waals surface area contributed by atoms with E-state index in [-0.39, 0.29) is 0 Å². The minimum Gasteiger partial charge on any atom is -0.492 e. The normalized spacial score (nSPS) is 14.4. The summed E-state index contributed by atoms with van der Waals surface area (Å²) in [5.41, 5.74) is 5.35. The standard InChI is InChI=1S/C26H28ClN5O2/c1-2-18-5-3-4-6-22(18)29-23-21(27)17-28-26-24(23)30-25(31-26)19-7-9-20(10-8-19)34-16-13-32-11-14-33-15-12-32/h3-10,17H,2,11-16H2,1H3,(H2,28,29,30,31). The molecule has 2 aromatic carbocycles. The average Bonchev–Trinajstić information content (AvgIpc) is 3.32. The van der Waals surface area contributed by atoms with Gasteiger partial charge in [0.25, 0.3) is 0 Å². The van der Waals surface area contributed by atoms with Crippen LogP contribution in [0, 0.1) is 0 Å². The maximum absolute atomic E-state index is 6.53. The number of imidazole rings is 1. The number of aromatic nitrogens is 3.